The van der Waals surface area contributed by atoms with E-state index < -0.39 is 0 Å². The summed E-state index contributed by atoms with van der Waals surface area (Å²) in [6, 6.07) is 0. The molecule has 0 fully saturated rings. The first-order chi connectivity index (χ1) is 4.63. The molecule has 0 N–H and O–H groups in total. The minimum absolute atomic E-state index is 0.351. The maximum absolute atomic E-state index is 5.20. The Morgan fingerprint density at radius 2 is 1.90 bits per heavy atom. The maximum atomic E-state index is 5.20. The van der Waals surface area contributed by atoms with Crippen LogP contribution in [0.1, 0.15) is 27.2 Å². The van der Waals surface area contributed by atoms with E-state index in [-0.39, 0.29) is 0 Å². The van der Waals surface area contributed by atoms with Gasteiger partial charge in [0.05, 0.1) is 6.10 Å². The second kappa shape index (κ2) is 5.14. The van der Waals surface area contributed by atoms with Crippen molar-refractivity contribution < 1.29 is 4.74 Å². The monoisotopic (exact) mass is 208 g/mol. The molecule has 0 rings (SSSR count). The van der Waals surface area contributed by atoms with Crippen LogP contribution in [0.3, 0.4) is 0 Å². The van der Waals surface area contributed by atoms with Crippen molar-refractivity contribution >= 4 is 15.9 Å². The topological polar surface area (TPSA) is 9.23 Å². The third-order valence-electron chi connectivity index (χ3n) is 2.07. The van der Waals surface area contributed by atoms with E-state index in [0.717, 1.165) is 6.42 Å². The molecule has 62 valence electrons. The molecule has 3 atom stereocenters. The second-order valence-electron chi connectivity index (χ2n) is 2.72. The molecule has 0 saturated heterocycles. The van der Waals surface area contributed by atoms with Crippen molar-refractivity contribution in [2.75, 3.05) is 7.11 Å². The van der Waals surface area contributed by atoms with Crippen LogP contribution in [0.4, 0.5) is 0 Å². The SMILES string of the molecule is CCC(Br)C(C)C(C)OC. The van der Waals surface area contributed by atoms with E-state index in [1.54, 1.807) is 7.11 Å². The summed E-state index contributed by atoms with van der Waals surface area (Å²) in [5.41, 5.74) is 0. The van der Waals surface area contributed by atoms with Crippen LogP contribution in [0, 0.1) is 5.92 Å². The fourth-order valence-corrected chi connectivity index (χ4v) is 1.31. The van der Waals surface area contributed by atoms with Gasteiger partial charge in [-0.25, -0.2) is 0 Å². The minimum atomic E-state index is 0.351. The largest absolute Gasteiger partial charge is 0.381 e. The van der Waals surface area contributed by atoms with E-state index >= 15 is 0 Å². The zero-order valence-electron chi connectivity index (χ0n) is 7.23. The summed E-state index contributed by atoms with van der Waals surface area (Å²) >= 11 is 3.60. The van der Waals surface area contributed by atoms with Gasteiger partial charge in [0.1, 0.15) is 0 Å². The number of rotatable bonds is 4. The molecule has 0 aliphatic carbocycles. The van der Waals surface area contributed by atoms with E-state index in [2.05, 4.69) is 36.7 Å². The van der Waals surface area contributed by atoms with Crippen LogP contribution >= 0.6 is 15.9 Å². The Labute approximate surface area is 72.3 Å². The number of methoxy groups -OCH3 is 1. The average Bonchev–Trinajstić information content (AvgIpc) is 2.00. The molecular formula is C8H17BrO. The highest BCUT2D eigenvalue weighted by Crippen LogP contribution is 2.20. The first kappa shape index (κ1) is 10.4. The molecule has 0 aromatic carbocycles. The zero-order valence-corrected chi connectivity index (χ0v) is 8.81. The molecule has 1 nitrogen and oxygen atoms in total. The third kappa shape index (κ3) is 3.02. The number of hydrogen-bond donors (Lipinski definition) is 0. The molecule has 0 aliphatic heterocycles. The lowest BCUT2D eigenvalue weighted by atomic mass is 10.0. The zero-order chi connectivity index (χ0) is 8.15. The van der Waals surface area contributed by atoms with E-state index in [4.69, 9.17) is 4.74 Å². The van der Waals surface area contributed by atoms with Crippen LogP contribution in [0.25, 0.3) is 0 Å². The van der Waals surface area contributed by atoms with Crippen molar-refractivity contribution in [1.29, 1.82) is 0 Å². The molecular weight excluding hydrogens is 192 g/mol. The smallest absolute Gasteiger partial charge is 0.0579 e. The number of alkyl halides is 1. The van der Waals surface area contributed by atoms with Gasteiger partial charge in [0.25, 0.3) is 0 Å². The molecule has 3 unspecified atom stereocenters. The summed E-state index contributed by atoms with van der Waals surface area (Å²) in [5, 5.41) is 0. The van der Waals surface area contributed by atoms with Gasteiger partial charge in [-0.2, -0.15) is 0 Å². The van der Waals surface area contributed by atoms with Crippen molar-refractivity contribution in [2.45, 2.75) is 38.1 Å². The highest BCUT2D eigenvalue weighted by Gasteiger charge is 2.17. The number of ether oxygens (including phenoxy) is 1. The fraction of sp³-hybridized carbons (Fsp3) is 1.00. The van der Waals surface area contributed by atoms with E-state index in [1.807, 2.05) is 0 Å². The first-order valence-corrected chi connectivity index (χ1v) is 4.71. The summed E-state index contributed by atoms with van der Waals surface area (Å²) in [4.78, 5) is 0.586. The minimum Gasteiger partial charge on any atom is -0.381 e. The summed E-state index contributed by atoms with van der Waals surface area (Å²) in [6.07, 6.45) is 1.51. The van der Waals surface area contributed by atoms with Crippen LogP contribution in [-0.4, -0.2) is 18.0 Å². The van der Waals surface area contributed by atoms with Gasteiger partial charge in [-0.3, -0.25) is 0 Å². The van der Waals surface area contributed by atoms with Crippen molar-refractivity contribution in [3.63, 3.8) is 0 Å². The molecule has 0 spiro atoms. The van der Waals surface area contributed by atoms with Crippen molar-refractivity contribution in [2.24, 2.45) is 5.92 Å². The van der Waals surface area contributed by atoms with Gasteiger partial charge in [0, 0.05) is 11.9 Å². The number of hydrogen-bond acceptors (Lipinski definition) is 1. The summed E-state index contributed by atoms with van der Waals surface area (Å²) < 4.78 is 5.20. The Morgan fingerprint density at radius 3 is 2.20 bits per heavy atom. The normalized spacial score (nSPS) is 20.1. The van der Waals surface area contributed by atoms with Crippen molar-refractivity contribution in [3.05, 3.63) is 0 Å². The summed E-state index contributed by atoms with van der Waals surface area (Å²) in [6.45, 7) is 6.49. The van der Waals surface area contributed by atoms with Crippen LogP contribution in [0.15, 0.2) is 0 Å². The second-order valence-corrected chi connectivity index (χ2v) is 3.90. The number of halogens is 1. The molecule has 10 heavy (non-hydrogen) atoms. The van der Waals surface area contributed by atoms with Gasteiger partial charge in [0.2, 0.25) is 0 Å². The van der Waals surface area contributed by atoms with Crippen LogP contribution in [0.5, 0.6) is 0 Å². The Bertz CT molecular complexity index is 75.3. The van der Waals surface area contributed by atoms with Gasteiger partial charge >= 0.3 is 0 Å². The Morgan fingerprint density at radius 1 is 1.40 bits per heavy atom. The lowest BCUT2D eigenvalue weighted by molar-refractivity contribution is 0.0731. The van der Waals surface area contributed by atoms with Crippen LogP contribution in [-0.2, 0) is 4.74 Å². The average molecular weight is 209 g/mol. The quantitative estimate of drug-likeness (QED) is 0.647. The summed E-state index contributed by atoms with van der Waals surface area (Å²) in [7, 11) is 1.76. The van der Waals surface area contributed by atoms with Crippen LogP contribution < -0.4 is 0 Å². The molecule has 0 heterocycles. The Kier molecular flexibility index (Phi) is 5.36. The van der Waals surface area contributed by atoms with Gasteiger partial charge in [-0.1, -0.05) is 29.8 Å². The van der Waals surface area contributed by atoms with Crippen molar-refractivity contribution in [3.8, 4) is 0 Å². The molecule has 2 heteroatoms. The molecule has 0 aliphatic rings. The van der Waals surface area contributed by atoms with E-state index in [9.17, 15) is 0 Å². The van der Waals surface area contributed by atoms with Gasteiger partial charge in [-0.15, -0.1) is 0 Å². The van der Waals surface area contributed by atoms with E-state index in [1.165, 1.54) is 0 Å². The lowest BCUT2D eigenvalue weighted by Gasteiger charge is -2.22. The Balaban J connectivity index is 3.69. The predicted molar refractivity (Wildman–Crippen MR) is 48.6 cm³/mol. The molecule has 0 aromatic heterocycles. The third-order valence-corrected chi connectivity index (χ3v) is 3.55. The van der Waals surface area contributed by atoms with Gasteiger partial charge in [-0.05, 0) is 19.3 Å². The fourth-order valence-electron chi connectivity index (χ4n) is 0.881. The molecule has 0 bridgehead atoms. The summed E-state index contributed by atoms with van der Waals surface area (Å²) in [5.74, 6) is 0.593. The molecule has 0 saturated carbocycles. The van der Waals surface area contributed by atoms with Gasteiger partial charge < -0.3 is 4.74 Å². The highest BCUT2D eigenvalue weighted by molar-refractivity contribution is 9.09. The first-order valence-electron chi connectivity index (χ1n) is 3.80. The highest BCUT2D eigenvalue weighted by atomic mass is 79.9. The molecule has 0 amide bonds. The lowest BCUT2D eigenvalue weighted by Crippen LogP contribution is -2.24. The van der Waals surface area contributed by atoms with E-state index in [0.29, 0.717) is 16.8 Å². The predicted octanol–water partition coefficient (Wildman–Crippen LogP) is 2.83. The van der Waals surface area contributed by atoms with Crippen molar-refractivity contribution in [1.82, 2.24) is 0 Å². The van der Waals surface area contributed by atoms with Crippen LogP contribution in [0.2, 0.25) is 0 Å². The molecule has 0 radical (unpaired) electrons. The molecule has 0 aromatic rings. The standard InChI is InChI=1S/C8H17BrO/c1-5-8(9)6(2)7(3)10-4/h6-8H,5H2,1-4H3. The van der Waals surface area contributed by atoms with Gasteiger partial charge in [0.15, 0.2) is 0 Å². The Hall–Kier alpha value is 0.440. The maximum Gasteiger partial charge on any atom is 0.0579 e.